The van der Waals surface area contributed by atoms with Gasteiger partial charge in [0.25, 0.3) is 5.91 Å². The van der Waals surface area contributed by atoms with E-state index in [4.69, 9.17) is 4.74 Å². The fraction of sp³-hybridized carbons (Fsp3) is 0.278. The molecule has 0 radical (unpaired) electrons. The van der Waals surface area contributed by atoms with E-state index in [1.807, 2.05) is 6.92 Å². The van der Waals surface area contributed by atoms with E-state index >= 15 is 0 Å². The fourth-order valence-corrected chi connectivity index (χ4v) is 3.18. The molecule has 2 aromatic carbocycles. The minimum Gasteiger partial charge on any atom is -0.484 e. The molecule has 0 unspecified atom stereocenters. The fourth-order valence-electron chi connectivity index (χ4n) is 2.11. The quantitative estimate of drug-likeness (QED) is 0.636. The maximum absolute atomic E-state index is 13.5. The second-order valence-corrected chi connectivity index (χ2v) is 7.45. The van der Waals surface area contributed by atoms with E-state index in [0.717, 1.165) is 31.0 Å². The van der Waals surface area contributed by atoms with Crippen LogP contribution in [0.15, 0.2) is 47.4 Å². The van der Waals surface area contributed by atoms with E-state index < -0.39 is 34.2 Å². The highest BCUT2D eigenvalue weighted by atomic mass is 32.2. The molecule has 0 spiro atoms. The van der Waals surface area contributed by atoms with Gasteiger partial charge >= 0.3 is 0 Å². The predicted octanol–water partition coefficient (Wildman–Crippen LogP) is 3.06. The van der Waals surface area contributed by atoms with Crippen molar-refractivity contribution in [2.24, 2.45) is 0 Å². The Balaban J connectivity index is 1.91. The normalized spacial score (nSPS) is 11.2. The number of ether oxygens (including phenoxy) is 1. The van der Waals surface area contributed by atoms with Crippen LogP contribution in [0.4, 0.5) is 14.5 Å². The summed E-state index contributed by atoms with van der Waals surface area (Å²) in [5, 5.41) is 2.20. The monoisotopic (exact) mass is 398 g/mol. The Hall–Kier alpha value is -2.52. The molecule has 0 saturated heterocycles. The molecular weight excluding hydrogens is 378 g/mol. The van der Waals surface area contributed by atoms with Crippen LogP contribution in [0.25, 0.3) is 0 Å². The molecule has 0 fully saturated rings. The first-order valence-electron chi connectivity index (χ1n) is 8.29. The average Bonchev–Trinajstić information content (AvgIpc) is 2.63. The molecule has 146 valence electrons. The summed E-state index contributed by atoms with van der Waals surface area (Å²) in [6.45, 7) is 1.87. The number of hydrogen-bond donors (Lipinski definition) is 2. The predicted molar refractivity (Wildman–Crippen MR) is 97.0 cm³/mol. The van der Waals surface area contributed by atoms with Crippen LogP contribution in [0.5, 0.6) is 5.75 Å². The van der Waals surface area contributed by atoms with Crippen molar-refractivity contribution >= 4 is 21.6 Å². The lowest BCUT2D eigenvalue weighted by molar-refractivity contribution is -0.118. The molecule has 0 heterocycles. The third kappa shape index (κ3) is 6.30. The van der Waals surface area contributed by atoms with Crippen LogP contribution >= 0.6 is 0 Å². The summed E-state index contributed by atoms with van der Waals surface area (Å²) in [7, 11) is -3.59. The van der Waals surface area contributed by atoms with E-state index in [1.165, 1.54) is 24.3 Å². The minimum atomic E-state index is -3.59. The van der Waals surface area contributed by atoms with Gasteiger partial charge in [-0.05, 0) is 42.8 Å². The van der Waals surface area contributed by atoms with E-state index in [2.05, 4.69) is 10.0 Å². The topological polar surface area (TPSA) is 84.5 Å². The Kier molecular flexibility index (Phi) is 7.26. The molecule has 2 aromatic rings. The zero-order valence-corrected chi connectivity index (χ0v) is 15.5. The first-order chi connectivity index (χ1) is 12.8. The number of carbonyl (C=O) groups excluding carboxylic acids is 1. The number of benzene rings is 2. The smallest absolute Gasteiger partial charge is 0.262 e. The lowest BCUT2D eigenvalue weighted by Gasteiger charge is -2.10. The van der Waals surface area contributed by atoms with Gasteiger partial charge in [-0.1, -0.05) is 13.3 Å². The molecule has 0 aliphatic rings. The zero-order chi connectivity index (χ0) is 19.9. The van der Waals surface area contributed by atoms with Gasteiger partial charge in [0.2, 0.25) is 10.0 Å². The van der Waals surface area contributed by atoms with Gasteiger partial charge in [0, 0.05) is 12.6 Å². The van der Waals surface area contributed by atoms with E-state index in [9.17, 15) is 22.0 Å². The Morgan fingerprint density at radius 3 is 2.48 bits per heavy atom. The molecule has 2 N–H and O–H groups in total. The summed E-state index contributed by atoms with van der Waals surface area (Å²) in [5.41, 5.74) is -0.289. The summed E-state index contributed by atoms with van der Waals surface area (Å²) in [5.74, 6) is -1.87. The number of hydrogen-bond acceptors (Lipinski definition) is 4. The first-order valence-corrected chi connectivity index (χ1v) is 9.77. The lowest BCUT2D eigenvalue weighted by Crippen LogP contribution is -2.24. The molecule has 0 aliphatic heterocycles. The Morgan fingerprint density at radius 1 is 1.11 bits per heavy atom. The number of rotatable bonds is 9. The number of unbranched alkanes of at least 4 members (excludes halogenated alkanes) is 1. The largest absolute Gasteiger partial charge is 0.484 e. The van der Waals surface area contributed by atoms with Crippen LogP contribution in [-0.2, 0) is 14.8 Å². The van der Waals surface area contributed by atoms with Crippen molar-refractivity contribution in [3.8, 4) is 5.75 Å². The molecule has 0 aromatic heterocycles. The number of carbonyl (C=O) groups is 1. The Morgan fingerprint density at radius 2 is 1.81 bits per heavy atom. The van der Waals surface area contributed by atoms with Crippen molar-refractivity contribution in [3.63, 3.8) is 0 Å². The molecular formula is C18H20F2N2O4S. The van der Waals surface area contributed by atoms with Crippen molar-refractivity contribution in [2.45, 2.75) is 24.7 Å². The minimum absolute atomic E-state index is 0.0808. The molecule has 27 heavy (non-hydrogen) atoms. The summed E-state index contributed by atoms with van der Waals surface area (Å²) < 4.78 is 58.4. The SMILES string of the molecule is CCCCNS(=O)(=O)c1ccc(OCC(=O)Nc2cc(F)ccc2F)cc1. The molecule has 2 rings (SSSR count). The second kappa shape index (κ2) is 9.43. The maximum Gasteiger partial charge on any atom is 0.262 e. The Labute approximate surface area is 156 Å². The van der Waals surface area contributed by atoms with Gasteiger partial charge in [-0.15, -0.1) is 0 Å². The van der Waals surface area contributed by atoms with Crippen molar-refractivity contribution in [1.29, 1.82) is 0 Å². The van der Waals surface area contributed by atoms with Crippen LogP contribution in [0, 0.1) is 11.6 Å². The number of nitrogens with one attached hydrogen (secondary N) is 2. The van der Waals surface area contributed by atoms with Crippen LogP contribution in [0.3, 0.4) is 0 Å². The highest BCUT2D eigenvalue weighted by molar-refractivity contribution is 7.89. The van der Waals surface area contributed by atoms with Gasteiger partial charge < -0.3 is 10.1 Å². The number of sulfonamides is 1. The van der Waals surface area contributed by atoms with Crippen molar-refractivity contribution in [2.75, 3.05) is 18.5 Å². The van der Waals surface area contributed by atoms with Gasteiger partial charge in [-0.25, -0.2) is 21.9 Å². The summed E-state index contributed by atoms with van der Waals surface area (Å²) in [6, 6.07) is 8.22. The maximum atomic E-state index is 13.5. The highest BCUT2D eigenvalue weighted by Gasteiger charge is 2.13. The van der Waals surface area contributed by atoms with Crippen molar-refractivity contribution in [3.05, 3.63) is 54.1 Å². The first kappa shape index (κ1) is 20.8. The molecule has 9 heteroatoms. The van der Waals surface area contributed by atoms with Gasteiger partial charge in [0.1, 0.15) is 17.4 Å². The van der Waals surface area contributed by atoms with Crippen molar-refractivity contribution < 1.29 is 26.7 Å². The molecule has 0 atom stereocenters. The third-order valence-corrected chi connectivity index (χ3v) is 5.01. The average molecular weight is 398 g/mol. The molecule has 0 saturated carbocycles. The molecule has 1 amide bonds. The number of amides is 1. The zero-order valence-electron chi connectivity index (χ0n) is 14.7. The van der Waals surface area contributed by atoms with Gasteiger partial charge in [0.05, 0.1) is 10.6 Å². The number of halogens is 2. The van der Waals surface area contributed by atoms with E-state index in [1.54, 1.807) is 0 Å². The highest BCUT2D eigenvalue weighted by Crippen LogP contribution is 2.17. The van der Waals surface area contributed by atoms with Crippen LogP contribution in [-0.4, -0.2) is 27.5 Å². The second-order valence-electron chi connectivity index (χ2n) is 5.68. The standard InChI is InChI=1S/C18H20F2N2O4S/c1-2-3-10-21-27(24,25)15-7-5-14(6-8-15)26-12-18(23)22-17-11-13(19)4-9-16(17)20/h4-9,11,21H,2-3,10,12H2,1H3,(H,22,23). The number of anilines is 1. The molecule has 0 aliphatic carbocycles. The van der Waals surface area contributed by atoms with Gasteiger partial charge in [-0.2, -0.15) is 0 Å². The van der Waals surface area contributed by atoms with Crippen LogP contribution < -0.4 is 14.8 Å². The van der Waals surface area contributed by atoms with Crippen LogP contribution in [0.1, 0.15) is 19.8 Å². The van der Waals surface area contributed by atoms with E-state index in [0.29, 0.717) is 6.54 Å². The summed E-state index contributed by atoms with van der Waals surface area (Å²) in [6.07, 6.45) is 1.61. The third-order valence-electron chi connectivity index (χ3n) is 3.53. The molecule has 0 bridgehead atoms. The van der Waals surface area contributed by atoms with Crippen molar-refractivity contribution in [1.82, 2.24) is 4.72 Å². The summed E-state index contributed by atoms with van der Waals surface area (Å²) in [4.78, 5) is 11.9. The van der Waals surface area contributed by atoms with Gasteiger partial charge in [-0.3, -0.25) is 4.79 Å². The van der Waals surface area contributed by atoms with E-state index in [-0.39, 0.29) is 16.3 Å². The molecule has 6 nitrogen and oxygen atoms in total. The Bertz CT molecular complexity index is 887. The summed E-state index contributed by atoms with van der Waals surface area (Å²) >= 11 is 0. The lowest BCUT2D eigenvalue weighted by atomic mass is 10.3. The van der Waals surface area contributed by atoms with Gasteiger partial charge in [0.15, 0.2) is 6.61 Å². The van der Waals surface area contributed by atoms with Crippen LogP contribution in [0.2, 0.25) is 0 Å².